The van der Waals surface area contributed by atoms with E-state index in [2.05, 4.69) is 34.4 Å². The van der Waals surface area contributed by atoms with Crippen LogP contribution in [0.5, 0.6) is 0 Å². The molecular formula is C13H9ClN2S. The SMILES string of the molecule is Cc1ccccc1-c1csc2ncnc(Cl)c12. The van der Waals surface area contributed by atoms with E-state index in [9.17, 15) is 0 Å². The van der Waals surface area contributed by atoms with Crippen LogP contribution in [-0.4, -0.2) is 9.97 Å². The van der Waals surface area contributed by atoms with E-state index in [0.29, 0.717) is 5.15 Å². The normalized spacial score (nSPS) is 10.9. The van der Waals surface area contributed by atoms with Crippen molar-refractivity contribution in [2.24, 2.45) is 0 Å². The number of thiophene rings is 1. The van der Waals surface area contributed by atoms with Gasteiger partial charge in [0.15, 0.2) is 0 Å². The molecule has 3 aromatic rings. The van der Waals surface area contributed by atoms with Crippen molar-refractivity contribution >= 4 is 33.2 Å². The van der Waals surface area contributed by atoms with Crippen molar-refractivity contribution in [2.75, 3.05) is 0 Å². The van der Waals surface area contributed by atoms with E-state index in [1.165, 1.54) is 17.5 Å². The van der Waals surface area contributed by atoms with Gasteiger partial charge < -0.3 is 0 Å². The number of nitrogens with zero attached hydrogens (tertiary/aromatic N) is 2. The first-order valence-corrected chi connectivity index (χ1v) is 6.47. The molecule has 0 amide bonds. The molecule has 0 saturated heterocycles. The van der Waals surface area contributed by atoms with Crippen molar-refractivity contribution < 1.29 is 0 Å². The highest BCUT2D eigenvalue weighted by molar-refractivity contribution is 7.17. The van der Waals surface area contributed by atoms with Gasteiger partial charge in [-0.15, -0.1) is 11.3 Å². The monoisotopic (exact) mass is 260 g/mol. The molecule has 2 aromatic heterocycles. The molecule has 2 heterocycles. The molecule has 17 heavy (non-hydrogen) atoms. The van der Waals surface area contributed by atoms with E-state index < -0.39 is 0 Å². The second kappa shape index (κ2) is 4.09. The van der Waals surface area contributed by atoms with E-state index in [1.807, 2.05) is 12.1 Å². The van der Waals surface area contributed by atoms with Crippen LogP contribution in [0.1, 0.15) is 5.56 Å². The maximum atomic E-state index is 6.16. The van der Waals surface area contributed by atoms with E-state index in [4.69, 9.17) is 11.6 Å². The Labute approximate surface area is 108 Å². The van der Waals surface area contributed by atoms with Crippen molar-refractivity contribution in [3.8, 4) is 11.1 Å². The average Bonchev–Trinajstić information content (AvgIpc) is 2.75. The highest BCUT2D eigenvalue weighted by Crippen LogP contribution is 2.37. The minimum atomic E-state index is 0.523. The standard InChI is InChI=1S/C13H9ClN2S/c1-8-4-2-3-5-9(8)10-6-17-13-11(10)12(14)15-7-16-13/h2-7H,1H3. The van der Waals surface area contributed by atoms with Gasteiger partial charge in [0, 0.05) is 10.9 Å². The zero-order valence-electron chi connectivity index (χ0n) is 9.14. The van der Waals surface area contributed by atoms with Crippen molar-refractivity contribution in [1.82, 2.24) is 9.97 Å². The molecule has 0 N–H and O–H groups in total. The zero-order chi connectivity index (χ0) is 11.8. The maximum Gasteiger partial charge on any atom is 0.141 e. The first-order valence-electron chi connectivity index (χ1n) is 5.21. The molecule has 0 atom stereocenters. The van der Waals surface area contributed by atoms with Crippen LogP contribution in [0.4, 0.5) is 0 Å². The molecular weight excluding hydrogens is 252 g/mol. The molecule has 0 aliphatic carbocycles. The highest BCUT2D eigenvalue weighted by Gasteiger charge is 2.12. The Bertz CT molecular complexity index is 691. The minimum absolute atomic E-state index is 0.523. The lowest BCUT2D eigenvalue weighted by Gasteiger charge is -2.04. The van der Waals surface area contributed by atoms with Crippen LogP contribution in [0, 0.1) is 6.92 Å². The summed E-state index contributed by atoms with van der Waals surface area (Å²) in [4.78, 5) is 9.23. The average molecular weight is 261 g/mol. The number of aromatic nitrogens is 2. The van der Waals surface area contributed by atoms with Crippen LogP contribution in [0.3, 0.4) is 0 Å². The topological polar surface area (TPSA) is 25.8 Å². The van der Waals surface area contributed by atoms with E-state index in [-0.39, 0.29) is 0 Å². The predicted molar refractivity (Wildman–Crippen MR) is 72.6 cm³/mol. The van der Waals surface area contributed by atoms with Gasteiger partial charge >= 0.3 is 0 Å². The van der Waals surface area contributed by atoms with Gasteiger partial charge in [-0.25, -0.2) is 9.97 Å². The fourth-order valence-corrected chi connectivity index (χ4v) is 3.11. The van der Waals surface area contributed by atoms with Crippen LogP contribution in [0.2, 0.25) is 5.15 Å². The molecule has 0 fully saturated rings. The molecule has 2 nitrogen and oxygen atoms in total. The molecule has 4 heteroatoms. The molecule has 0 radical (unpaired) electrons. The second-order valence-corrected chi connectivity index (χ2v) is 5.03. The van der Waals surface area contributed by atoms with Gasteiger partial charge in [-0.1, -0.05) is 35.9 Å². The molecule has 0 bridgehead atoms. The van der Waals surface area contributed by atoms with Crippen molar-refractivity contribution in [3.63, 3.8) is 0 Å². The van der Waals surface area contributed by atoms with Gasteiger partial charge in [-0.2, -0.15) is 0 Å². The summed E-state index contributed by atoms with van der Waals surface area (Å²) in [6.45, 7) is 2.09. The summed E-state index contributed by atoms with van der Waals surface area (Å²) in [5.74, 6) is 0. The Kier molecular flexibility index (Phi) is 2.57. The fourth-order valence-electron chi connectivity index (χ4n) is 1.91. The van der Waals surface area contributed by atoms with Crippen molar-refractivity contribution in [1.29, 1.82) is 0 Å². The molecule has 0 aliphatic rings. The van der Waals surface area contributed by atoms with E-state index in [0.717, 1.165) is 15.8 Å². The number of hydrogen-bond donors (Lipinski definition) is 0. The quantitative estimate of drug-likeness (QED) is 0.609. The van der Waals surface area contributed by atoms with Gasteiger partial charge in [-0.05, 0) is 18.1 Å². The molecule has 3 rings (SSSR count). The lowest BCUT2D eigenvalue weighted by molar-refractivity contribution is 1.23. The lowest BCUT2D eigenvalue weighted by Crippen LogP contribution is -1.84. The smallest absolute Gasteiger partial charge is 0.141 e. The Morgan fingerprint density at radius 1 is 1.12 bits per heavy atom. The molecule has 0 saturated carbocycles. The van der Waals surface area contributed by atoms with Crippen LogP contribution in [-0.2, 0) is 0 Å². The Hall–Kier alpha value is -1.45. The first kappa shape index (κ1) is 10.7. The van der Waals surface area contributed by atoms with Gasteiger partial charge in [0.05, 0.1) is 5.39 Å². The molecule has 0 unspecified atom stereocenters. The Morgan fingerprint density at radius 3 is 2.76 bits per heavy atom. The summed E-state index contributed by atoms with van der Waals surface area (Å²) in [7, 11) is 0. The van der Waals surface area contributed by atoms with Crippen LogP contribution in [0.15, 0.2) is 36.0 Å². The number of rotatable bonds is 1. The Balaban J connectivity index is 2.36. The lowest BCUT2D eigenvalue weighted by atomic mass is 10.0. The van der Waals surface area contributed by atoms with Gasteiger partial charge in [-0.3, -0.25) is 0 Å². The Morgan fingerprint density at radius 2 is 1.94 bits per heavy atom. The first-order chi connectivity index (χ1) is 8.27. The van der Waals surface area contributed by atoms with Gasteiger partial charge in [0.2, 0.25) is 0 Å². The zero-order valence-corrected chi connectivity index (χ0v) is 10.7. The molecule has 0 aliphatic heterocycles. The molecule has 84 valence electrons. The van der Waals surface area contributed by atoms with Crippen LogP contribution in [0.25, 0.3) is 21.3 Å². The maximum absolute atomic E-state index is 6.16. The van der Waals surface area contributed by atoms with Crippen molar-refractivity contribution in [3.05, 3.63) is 46.7 Å². The van der Waals surface area contributed by atoms with Crippen molar-refractivity contribution in [2.45, 2.75) is 6.92 Å². The van der Waals surface area contributed by atoms with Gasteiger partial charge in [0.1, 0.15) is 16.3 Å². The third-order valence-corrected chi connectivity index (χ3v) is 3.93. The summed E-state index contributed by atoms with van der Waals surface area (Å²) in [5, 5.41) is 3.57. The predicted octanol–water partition coefficient (Wildman–Crippen LogP) is 4.32. The summed E-state index contributed by atoms with van der Waals surface area (Å²) in [6.07, 6.45) is 1.50. The number of aryl methyl sites for hydroxylation is 1. The summed E-state index contributed by atoms with van der Waals surface area (Å²) in [6, 6.07) is 8.26. The number of halogens is 1. The van der Waals surface area contributed by atoms with Gasteiger partial charge in [0.25, 0.3) is 0 Å². The third kappa shape index (κ3) is 1.72. The largest absolute Gasteiger partial charge is 0.225 e. The summed E-state index contributed by atoms with van der Waals surface area (Å²) in [5.41, 5.74) is 3.54. The molecule has 1 aromatic carbocycles. The van der Waals surface area contributed by atoms with Crippen LogP contribution < -0.4 is 0 Å². The molecule has 0 spiro atoms. The number of benzene rings is 1. The second-order valence-electron chi connectivity index (χ2n) is 3.81. The highest BCUT2D eigenvalue weighted by atomic mass is 35.5. The number of hydrogen-bond acceptors (Lipinski definition) is 3. The van der Waals surface area contributed by atoms with E-state index >= 15 is 0 Å². The fraction of sp³-hybridized carbons (Fsp3) is 0.0769. The van der Waals surface area contributed by atoms with Crippen LogP contribution >= 0.6 is 22.9 Å². The summed E-state index contributed by atoms with van der Waals surface area (Å²) < 4.78 is 0. The minimum Gasteiger partial charge on any atom is -0.225 e. The summed E-state index contributed by atoms with van der Waals surface area (Å²) >= 11 is 7.76. The third-order valence-electron chi connectivity index (χ3n) is 2.76. The van der Waals surface area contributed by atoms with E-state index in [1.54, 1.807) is 11.3 Å². The number of fused-ring (bicyclic) bond motifs is 1.